The van der Waals surface area contributed by atoms with Gasteiger partial charge in [0.05, 0.1) is 23.2 Å². The van der Waals surface area contributed by atoms with Crippen molar-refractivity contribution in [3.63, 3.8) is 0 Å². The summed E-state index contributed by atoms with van der Waals surface area (Å²) in [4.78, 5) is 6.97. The lowest BCUT2D eigenvalue weighted by Gasteiger charge is -2.26. The Morgan fingerprint density at radius 1 is 1.56 bits per heavy atom. The van der Waals surface area contributed by atoms with E-state index in [4.69, 9.17) is 11.6 Å². The van der Waals surface area contributed by atoms with Crippen molar-refractivity contribution in [1.29, 1.82) is 0 Å². The minimum atomic E-state index is -0.501. The summed E-state index contributed by atoms with van der Waals surface area (Å²) in [6.45, 7) is 6.10. The molecule has 0 saturated carbocycles. The first kappa shape index (κ1) is 14.3. The maximum atomic E-state index is 10.1. The normalized spacial score (nSPS) is 28.0. The van der Waals surface area contributed by atoms with Gasteiger partial charge in [0.25, 0.3) is 0 Å². The first-order valence-electron chi connectivity index (χ1n) is 6.48. The van der Waals surface area contributed by atoms with E-state index in [1.807, 2.05) is 12.3 Å². The number of aliphatic hydroxyl groups is 1. The lowest BCUT2D eigenvalue weighted by atomic mass is 9.98. The van der Waals surface area contributed by atoms with Crippen LogP contribution in [0.5, 0.6) is 0 Å². The summed E-state index contributed by atoms with van der Waals surface area (Å²) in [6.07, 6.45) is 2.77. The average Bonchev–Trinajstić information content (AvgIpc) is 2.74. The van der Waals surface area contributed by atoms with Crippen LogP contribution in [0.4, 0.5) is 0 Å². The first-order chi connectivity index (χ1) is 8.52. The molecule has 5 heteroatoms. The van der Waals surface area contributed by atoms with Crippen molar-refractivity contribution in [3.05, 3.63) is 16.1 Å². The largest absolute Gasteiger partial charge is 0.390 e. The van der Waals surface area contributed by atoms with Crippen LogP contribution in [0, 0.1) is 0 Å². The molecule has 18 heavy (non-hydrogen) atoms. The molecule has 0 aromatic carbocycles. The van der Waals surface area contributed by atoms with E-state index in [1.54, 1.807) is 11.3 Å². The van der Waals surface area contributed by atoms with Gasteiger partial charge in [0, 0.05) is 11.9 Å². The van der Waals surface area contributed by atoms with Crippen LogP contribution in [-0.2, 0) is 5.88 Å². The highest BCUT2D eigenvalue weighted by atomic mass is 35.5. The van der Waals surface area contributed by atoms with Gasteiger partial charge in [-0.3, -0.25) is 4.90 Å². The highest BCUT2D eigenvalue weighted by Crippen LogP contribution is 2.29. The van der Waals surface area contributed by atoms with Gasteiger partial charge >= 0.3 is 0 Å². The molecule has 3 nitrogen and oxygen atoms in total. The number of likely N-dealkylation sites (tertiary alicyclic amines) is 1. The van der Waals surface area contributed by atoms with Crippen molar-refractivity contribution in [2.75, 3.05) is 13.1 Å². The second kappa shape index (κ2) is 5.87. The second-order valence-electron chi connectivity index (χ2n) is 5.37. The molecule has 1 aromatic rings. The lowest BCUT2D eigenvalue weighted by molar-refractivity contribution is 0.0433. The van der Waals surface area contributed by atoms with E-state index >= 15 is 0 Å². The van der Waals surface area contributed by atoms with Crippen LogP contribution >= 0.6 is 22.9 Å². The smallest absolute Gasteiger partial charge is 0.110 e. The van der Waals surface area contributed by atoms with Gasteiger partial charge in [-0.25, -0.2) is 4.98 Å². The van der Waals surface area contributed by atoms with Gasteiger partial charge in [-0.15, -0.1) is 22.9 Å². The molecule has 0 bridgehead atoms. The number of hydrogen-bond acceptors (Lipinski definition) is 4. The van der Waals surface area contributed by atoms with E-state index in [1.165, 1.54) is 0 Å². The van der Waals surface area contributed by atoms with E-state index in [9.17, 15) is 5.11 Å². The molecule has 1 fully saturated rings. The van der Waals surface area contributed by atoms with Gasteiger partial charge in [-0.2, -0.15) is 0 Å². The average molecular weight is 289 g/mol. The lowest BCUT2D eigenvalue weighted by Crippen LogP contribution is -2.30. The monoisotopic (exact) mass is 288 g/mol. The fourth-order valence-corrected chi connectivity index (χ4v) is 3.54. The van der Waals surface area contributed by atoms with Crippen LogP contribution in [-0.4, -0.2) is 33.7 Å². The number of hydrogen-bond donors (Lipinski definition) is 1. The van der Waals surface area contributed by atoms with Crippen LogP contribution in [0.3, 0.4) is 0 Å². The molecule has 1 aromatic heterocycles. The maximum absolute atomic E-state index is 10.1. The van der Waals surface area contributed by atoms with E-state index in [0.717, 1.165) is 43.1 Å². The third kappa shape index (κ3) is 3.44. The quantitative estimate of drug-likeness (QED) is 0.868. The second-order valence-corrected chi connectivity index (χ2v) is 6.53. The number of aromatic nitrogens is 1. The van der Waals surface area contributed by atoms with Gasteiger partial charge in [0.15, 0.2) is 0 Å². The molecule has 1 saturated heterocycles. The highest BCUT2D eigenvalue weighted by molar-refractivity contribution is 7.09. The van der Waals surface area contributed by atoms with Crippen LogP contribution in [0.25, 0.3) is 0 Å². The summed E-state index contributed by atoms with van der Waals surface area (Å²) < 4.78 is 0. The Morgan fingerprint density at radius 3 is 3.00 bits per heavy atom. The Bertz CT molecular complexity index is 394. The van der Waals surface area contributed by atoms with Crippen molar-refractivity contribution < 1.29 is 5.11 Å². The number of alkyl halides is 1. The third-order valence-corrected chi connectivity index (χ3v) is 5.05. The molecule has 102 valence electrons. The first-order valence-corrected chi connectivity index (χ1v) is 7.90. The minimum absolute atomic E-state index is 0.320. The summed E-state index contributed by atoms with van der Waals surface area (Å²) in [5.41, 5.74) is 0.462. The third-order valence-electron chi connectivity index (χ3n) is 3.71. The Labute approximate surface area is 118 Å². The standard InChI is InChI=1S/C13H21ClN2OS/c1-10(12-15-11(8-14)9-18-12)16-6-3-4-13(2,17)5-7-16/h9-10,17H,3-8H2,1-2H3. The molecule has 1 aliphatic heterocycles. The molecular weight excluding hydrogens is 268 g/mol. The Kier molecular flexibility index (Phi) is 4.64. The van der Waals surface area contributed by atoms with Crippen molar-refractivity contribution in [3.8, 4) is 0 Å². The Balaban J connectivity index is 2.02. The van der Waals surface area contributed by atoms with Crippen LogP contribution in [0.2, 0.25) is 0 Å². The summed E-state index contributed by atoms with van der Waals surface area (Å²) in [5, 5.41) is 13.3. The Morgan fingerprint density at radius 2 is 2.33 bits per heavy atom. The molecule has 0 amide bonds. The van der Waals surface area contributed by atoms with Crippen molar-refractivity contribution >= 4 is 22.9 Å². The molecule has 2 atom stereocenters. The van der Waals surface area contributed by atoms with E-state index in [2.05, 4.69) is 16.8 Å². The molecule has 0 spiro atoms. The number of nitrogens with zero attached hydrogens (tertiary/aromatic N) is 2. The number of halogens is 1. The summed E-state index contributed by atoms with van der Waals surface area (Å²) >= 11 is 7.47. The van der Waals surface area contributed by atoms with Gasteiger partial charge < -0.3 is 5.11 Å². The van der Waals surface area contributed by atoms with E-state index in [0.29, 0.717) is 11.9 Å². The molecule has 2 heterocycles. The fourth-order valence-electron chi connectivity index (χ4n) is 2.40. The summed E-state index contributed by atoms with van der Waals surface area (Å²) in [7, 11) is 0. The van der Waals surface area contributed by atoms with E-state index < -0.39 is 5.60 Å². The topological polar surface area (TPSA) is 36.4 Å². The summed E-state index contributed by atoms with van der Waals surface area (Å²) in [5.74, 6) is 0.484. The molecule has 1 N–H and O–H groups in total. The zero-order valence-corrected chi connectivity index (χ0v) is 12.6. The predicted octanol–water partition coefficient (Wildman–Crippen LogP) is 3.18. The van der Waals surface area contributed by atoms with E-state index in [-0.39, 0.29) is 0 Å². The zero-order valence-electron chi connectivity index (χ0n) is 11.0. The van der Waals surface area contributed by atoms with Gasteiger partial charge in [-0.1, -0.05) is 0 Å². The number of rotatable bonds is 3. The van der Waals surface area contributed by atoms with Crippen LogP contribution < -0.4 is 0 Å². The number of thiazole rings is 1. The summed E-state index contributed by atoms with van der Waals surface area (Å²) in [6, 6.07) is 0.320. The zero-order chi connectivity index (χ0) is 13.2. The van der Waals surface area contributed by atoms with Crippen LogP contribution in [0.1, 0.15) is 49.9 Å². The molecule has 2 rings (SSSR count). The molecule has 2 unspecified atom stereocenters. The highest BCUT2D eigenvalue weighted by Gasteiger charge is 2.28. The fraction of sp³-hybridized carbons (Fsp3) is 0.769. The van der Waals surface area contributed by atoms with Crippen molar-refractivity contribution in [2.24, 2.45) is 0 Å². The maximum Gasteiger partial charge on any atom is 0.110 e. The molecule has 0 aliphatic carbocycles. The molecular formula is C13H21ClN2OS. The molecule has 1 aliphatic rings. The molecule has 0 radical (unpaired) electrons. The predicted molar refractivity (Wildman–Crippen MR) is 76.1 cm³/mol. The van der Waals surface area contributed by atoms with Crippen molar-refractivity contribution in [2.45, 2.75) is 50.6 Å². The Hall–Kier alpha value is -0.160. The van der Waals surface area contributed by atoms with Crippen molar-refractivity contribution in [1.82, 2.24) is 9.88 Å². The SMILES string of the molecule is CC(c1nc(CCl)cs1)N1CCCC(C)(O)CC1. The van der Waals surface area contributed by atoms with Gasteiger partial charge in [0.2, 0.25) is 0 Å². The van der Waals surface area contributed by atoms with Gasteiger partial charge in [0.1, 0.15) is 5.01 Å². The minimum Gasteiger partial charge on any atom is -0.390 e. The van der Waals surface area contributed by atoms with Crippen LogP contribution in [0.15, 0.2) is 5.38 Å². The van der Waals surface area contributed by atoms with Gasteiger partial charge in [-0.05, 0) is 39.7 Å².